The number of amides is 4. The van der Waals surface area contributed by atoms with Crippen LogP contribution in [0, 0.1) is 0 Å². The number of imide groups is 1. The molecule has 136 valence electrons. The lowest BCUT2D eigenvalue weighted by Gasteiger charge is -2.13. The van der Waals surface area contributed by atoms with Crippen molar-refractivity contribution in [2.75, 3.05) is 11.9 Å². The monoisotopic (exact) mass is 359 g/mol. The molecule has 1 atom stereocenters. The molecular formula is C15H16F3N3O4. The van der Waals surface area contributed by atoms with E-state index in [0.717, 1.165) is 17.0 Å². The molecule has 25 heavy (non-hydrogen) atoms. The predicted octanol–water partition coefficient (Wildman–Crippen LogP) is 2.24. The van der Waals surface area contributed by atoms with Crippen molar-refractivity contribution in [1.29, 1.82) is 0 Å². The van der Waals surface area contributed by atoms with Gasteiger partial charge in [0.1, 0.15) is 18.3 Å². The highest BCUT2D eigenvalue weighted by atomic mass is 19.4. The van der Waals surface area contributed by atoms with E-state index in [-0.39, 0.29) is 5.69 Å². The number of carbonyl (C=O) groups is 3. The van der Waals surface area contributed by atoms with Crippen molar-refractivity contribution in [2.24, 2.45) is 0 Å². The number of benzene rings is 1. The zero-order chi connectivity index (χ0) is 18.6. The molecular weight excluding hydrogens is 343 g/mol. The number of hydrogen-bond donors (Lipinski definition) is 2. The number of nitrogens with one attached hydrogen (secondary N) is 2. The van der Waals surface area contributed by atoms with E-state index in [9.17, 15) is 27.6 Å². The zero-order valence-electron chi connectivity index (χ0n) is 13.2. The van der Waals surface area contributed by atoms with Crippen molar-refractivity contribution in [2.45, 2.75) is 32.2 Å². The van der Waals surface area contributed by atoms with Crippen LogP contribution in [0.3, 0.4) is 0 Å². The molecule has 10 heteroatoms. The molecule has 1 aliphatic rings. The normalized spacial score (nSPS) is 17.4. The Morgan fingerprint density at radius 3 is 2.48 bits per heavy atom. The minimum absolute atomic E-state index is 0.205. The Bertz CT molecular complexity index is 661. The highest BCUT2D eigenvalue weighted by Crippen LogP contribution is 2.24. The van der Waals surface area contributed by atoms with Crippen molar-refractivity contribution in [3.05, 3.63) is 24.3 Å². The average Bonchev–Trinajstić information content (AvgIpc) is 2.76. The van der Waals surface area contributed by atoms with Crippen LogP contribution in [0.5, 0.6) is 5.75 Å². The maximum absolute atomic E-state index is 12.1. The molecule has 0 radical (unpaired) electrons. The molecule has 1 aromatic rings. The molecule has 0 bridgehead atoms. The van der Waals surface area contributed by atoms with E-state index in [4.69, 9.17) is 0 Å². The minimum atomic E-state index is -4.80. The maximum atomic E-state index is 12.1. The van der Waals surface area contributed by atoms with Crippen LogP contribution in [-0.4, -0.2) is 41.7 Å². The van der Waals surface area contributed by atoms with E-state index in [0.29, 0.717) is 12.8 Å². The average molecular weight is 359 g/mol. The van der Waals surface area contributed by atoms with Gasteiger partial charge in [-0.15, -0.1) is 13.2 Å². The van der Waals surface area contributed by atoms with E-state index in [2.05, 4.69) is 15.4 Å². The molecule has 1 heterocycles. The summed E-state index contributed by atoms with van der Waals surface area (Å²) in [7, 11) is 0. The maximum Gasteiger partial charge on any atom is 0.573 e. The topological polar surface area (TPSA) is 87.7 Å². The Morgan fingerprint density at radius 2 is 1.92 bits per heavy atom. The lowest BCUT2D eigenvalue weighted by Crippen LogP contribution is -2.38. The third kappa shape index (κ3) is 5.10. The second kappa shape index (κ2) is 7.41. The van der Waals surface area contributed by atoms with E-state index in [1.54, 1.807) is 0 Å². The summed E-state index contributed by atoms with van der Waals surface area (Å²) < 4.78 is 39.9. The van der Waals surface area contributed by atoms with Crippen molar-refractivity contribution in [1.82, 2.24) is 10.2 Å². The number of anilines is 1. The number of rotatable bonds is 6. The van der Waals surface area contributed by atoms with Crippen LogP contribution in [-0.2, 0) is 9.59 Å². The summed E-state index contributed by atoms with van der Waals surface area (Å²) >= 11 is 0. The number of hydrogen-bond acceptors (Lipinski definition) is 4. The lowest BCUT2D eigenvalue weighted by molar-refractivity contribution is -0.274. The Balaban J connectivity index is 1.92. The van der Waals surface area contributed by atoms with Gasteiger partial charge in [-0.05, 0) is 30.7 Å². The fourth-order valence-corrected chi connectivity index (χ4v) is 2.30. The number of alkyl halides is 3. The van der Waals surface area contributed by atoms with Crippen LogP contribution in [0.15, 0.2) is 24.3 Å². The van der Waals surface area contributed by atoms with E-state index in [1.165, 1.54) is 12.1 Å². The van der Waals surface area contributed by atoms with Crippen LogP contribution in [0.2, 0.25) is 0 Å². The van der Waals surface area contributed by atoms with Crippen molar-refractivity contribution < 1.29 is 32.3 Å². The zero-order valence-corrected chi connectivity index (χ0v) is 13.2. The minimum Gasteiger partial charge on any atom is -0.406 e. The first-order chi connectivity index (χ1) is 11.7. The highest BCUT2D eigenvalue weighted by Gasteiger charge is 2.38. The van der Waals surface area contributed by atoms with Crippen molar-refractivity contribution in [3.8, 4) is 5.75 Å². The smallest absolute Gasteiger partial charge is 0.406 e. The summed E-state index contributed by atoms with van der Waals surface area (Å²) in [5.74, 6) is -1.55. The van der Waals surface area contributed by atoms with Gasteiger partial charge in [-0.2, -0.15) is 0 Å². The quantitative estimate of drug-likeness (QED) is 0.763. The van der Waals surface area contributed by atoms with Gasteiger partial charge in [0, 0.05) is 5.69 Å². The molecule has 1 aliphatic heterocycles. The van der Waals surface area contributed by atoms with Crippen LogP contribution in [0.25, 0.3) is 0 Å². The summed E-state index contributed by atoms with van der Waals surface area (Å²) in [6.45, 7) is 1.38. The van der Waals surface area contributed by atoms with E-state index >= 15 is 0 Å². The lowest BCUT2D eigenvalue weighted by atomic mass is 10.2. The fourth-order valence-electron chi connectivity index (χ4n) is 2.30. The first-order valence-electron chi connectivity index (χ1n) is 7.47. The van der Waals surface area contributed by atoms with Crippen LogP contribution in [0.1, 0.15) is 19.8 Å². The van der Waals surface area contributed by atoms with Gasteiger partial charge in [0.15, 0.2) is 0 Å². The van der Waals surface area contributed by atoms with Gasteiger partial charge in [-0.3, -0.25) is 14.5 Å². The van der Waals surface area contributed by atoms with Crippen LogP contribution < -0.4 is 15.4 Å². The second-order valence-corrected chi connectivity index (χ2v) is 5.34. The van der Waals surface area contributed by atoms with Gasteiger partial charge in [0.2, 0.25) is 5.91 Å². The van der Waals surface area contributed by atoms with Gasteiger partial charge < -0.3 is 15.4 Å². The third-order valence-electron chi connectivity index (χ3n) is 3.36. The fraction of sp³-hybridized carbons (Fsp3) is 0.400. The molecule has 1 aromatic carbocycles. The summed E-state index contributed by atoms with van der Waals surface area (Å²) in [6.07, 6.45) is -3.63. The standard InChI is InChI=1S/C15H16F3N3O4/c1-2-3-11-13(23)21(14(24)20-11)8-12(22)19-9-4-6-10(7-5-9)25-15(16,17)18/h4-7,11H,2-3,8H2,1H3,(H,19,22)(H,20,24). The van der Waals surface area contributed by atoms with Crippen molar-refractivity contribution in [3.63, 3.8) is 0 Å². The number of ether oxygens (including phenoxy) is 1. The molecule has 0 saturated carbocycles. The van der Waals surface area contributed by atoms with Gasteiger partial charge in [0.05, 0.1) is 0 Å². The van der Waals surface area contributed by atoms with Crippen LogP contribution in [0.4, 0.5) is 23.7 Å². The van der Waals surface area contributed by atoms with Gasteiger partial charge >= 0.3 is 12.4 Å². The molecule has 4 amide bonds. The third-order valence-corrected chi connectivity index (χ3v) is 3.36. The molecule has 0 aromatic heterocycles. The molecule has 1 fully saturated rings. The number of halogens is 3. The summed E-state index contributed by atoms with van der Waals surface area (Å²) in [5.41, 5.74) is 0.205. The Hall–Kier alpha value is -2.78. The molecule has 7 nitrogen and oxygen atoms in total. The predicted molar refractivity (Wildman–Crippen MR) is 80.7 cm³/mol. The number of carbonyl (C=O) groups excluding carboxylic acids is 3. The summed E-state index contributed by atoms with van der Waals surface area (Å²) in [6, 6.07) is 3.22. The summed E-state index contributed by atoms with van der Waals surface area (Å²) in [4.78, 5) is 36.5. The Morgan fingerprint density at radius 1 is 1.28 bits per heavy atom. The first-order valence-corrected chi connectivity index (χ1v) is 7.47. The summed E-state index contributed by atoms with van der Waals surface area (Å²) in [5, 5.41) is 4.88. The SMILES string of the molecule is CCCC1NC(=O)N(CC(=O)Nc2ccc(OC(F)(F)F)cc2)C1=O. The largest absolute Gasteiger partial charge is 0.573 e. The number of urea groups is 1. The van der Waals surface area contributed by atoms with Crippen molar-refractivity contribution >= 4 is 23.5 Å². The number of nitrogens with zero attached hydrogens (tertiary/aromatic N) is 1. The molecule has 2 rings (SSSR count). The van der Waals surface area contributed by atoms with E-state index in [1.807, 2.05) is 6.92 Å². The van der Waals surface area contributed by atoms with Crippen LogP contribution >= 0.6 is 0 Å². The Kier molecular flexibility index (Phi) is 5.50. The van der Waals surface area contributed by atoms with Gasteiger partial charge in [-0.25, -0.2) is 4.79 Å². The first kappa shape index (κ1) is 18.6. The molecule has 1 saturated heterocycles. The molecule has 0 spiro atoms. The van der Waals surface area contributed by atoms with Gasteiger partial charge in [0.25, 0.3) is 5.91 Å². The van der Waals surface area contributed by atoms with Gasteiger partial charge in [-0.1, -0.05) is 13.3 Å². The molecule has 1 unspecified atom stereocenters. The molecule has 2 N–H and O–H groups in total. The highest BCUT2D eigenvalue weighted by molar-refractivity contribution is 6.07. The Labute approximate surface area is 141 Å². The second-order valence-electron chi connectivity index (χ2n) is 5.34. The van der Waals surface area contributed by atoms with E-state index < -0.39 is 42.5 Å². The molecule has 0 aliphatic carbocycles.